The van der Waals surface area contributed by atoms with E-state index < -0.39 is 0 Å². The number of aryl methyl sites for hydroxylation is 1. The van der Waals surface area contributed by atoms with Gasteiger partial charge >= 0.3 is 0 Å². The molecular weight excluding hydrogens is 378 g/mol. The van der Waals surface area contributed by atoms with E-state index in [9.17, 15) is 9.59 Å². The summed E-state index contributed by atoms with van der Waals surface area (Å²) in [6.45, 7) is 3.46. The van der Waals surface area contributed by atoms with Gasteiger partial charge in [-0.05, 0) is 66.2 Å². The number of carbonyl (C=O) groups is 2. The molecule has 0 bridgehead atoms. The Morgan fingerprint density at radius 2 is 1.93 bits per heavy atom. The molecule has 0 aliphatic rings. The van der Waals surface area contributed by atoms with Gasteiger partial charge in [-0.15, -0.1) is 5.10 Å². The fraction of sp³-hybridized carbons (Fsp3) is 0.211. The topological polar surface area (TPSA) is 99.0 Å². The maximum atomic E-state index is 12.3. The minimum atomic E-state index is -0.202. The molecule has 2 aromatic carbocycles. The van der Waals surface area contributed by atoms with Crippen LogP contribution in [-0.4, -0.2) is 44.8 Å². The predicted molar refractivity (Wildman–Crippen MR) is 106 cm³/mol. The lowest BCUT2D eigenvalue weighted by atomic mass is 10.1. The SMILES string of the molecule is COc1ccc(C)cc1-n1nnnc1SCC(=O)Nc1ccc(C(C)=O)cc1. The van der Waals surface area contributed by atoms with Crippen LogP contribution in [0.4, 0.5) is 5.69 Å². The molecule has 0 saturated carbocycles. The summed E-state index contributed by atoms with van der Waals surface area (Å²) in [5.74, 6) is 0.538. The zero-order chi connectivity index (χ0) is 20.1. The Morgan fingerprint density at radius 1 is 1.18 bits per heavy atom. The van der Waals surface area contributed by atoms with E-state index in [0.29, 0.717) is 27.8 Å². The van der Waals surface area contributed by atoms with Crippen LogP contribution in [0, 0.1) is 6.92 Å². The Bertz CT molecular complexity index is 1000. The van der Waals surface area contributed by atoms with Crippen LogP contribution in [0.5, 0.6) is 5.75 Å². The molecule has 1 N–H and O–H groups in total. The van der Waals surface area contributed by atoms with Crippen LogP contribution >= 0.6 is 11.8 Å². The summed E-state index contributed by atoms with van der Waals surface area (Å²) < 4.78 is 6.93. The molecule has 8 nitrogen and oxygen atoms in total. The number of rotatable bonds is 7. The second-order valence-electron chi connectivity index (χ2n) is 6.02. The first-order valence-electron chi connectivity index (χ1n) is 8.45. The number of hydrogen-bond donors (Lipinski definition) is 1. The number of Topliss-reactive ketones (excluding diaryl/α,β-unsaturated/α-hetero) is 1. The Morgan fingerprint density at radius 3 is 2.61 bits per heavy atom. The highest BCUT2D eigenvalue weighted by Crippen LogP contribution is 2.27. The van der Waals surface area contributed by atoms with Crippen molar-refractivity contribution in [2.45, 2.75) is 19.0 Å². The lowest BCUT2D eigenvalue weighted by Gasteiger charge is -2.10. The fourth-order valence-electron chi connectivity index (χ4n) is 2.50. The zero-order valence-corrected chi connectivity index (χ0v) is 16.5. The third-order valence-corrected chi connectivity index (χ3v) is 4.83. The van der Waals surface area contributed by atoms with Crippen molar-refractivity contribution in [2.75, 3.05) is 18.2 Å². The first-order chi connectivity index (χ1) is 13.5. The molecule has 3 aromatic rings. The van der Waals surface area contributed by atoms with Crippen LogP contribution in [-0.2, 0) is 4.79 Å². The van der Waals surface area contributed by atoms with E-state index in [1.807, 2.05) is 25.1 Å². The number of benzene rings is 2. The Kier molecular flexibility index (Phi) is 6.05. The third-order valence-electron chi connectivity index (χ3n) is 3.91. The van der Waals surface area contributed by atoms with Gasteiger partial charge in [0.25, 0.3) is 0 Å². The average Bonchev–Trinajstić information content (AvgIpc) is 3.15. The standard InChI is InChI=1S/C19H19N5O3S/c1-12-4-9-17(27-3)16(10-12)24-19(21-22-23-24)28-11-18(26)20-15-7-5-14(6-8-15)13(2)25/h4-10H,11H2,1-3H3,(H,20,26). The van der Waals surface area contributed by atoms with E-state index >= 15 is 0 Å². The van der Waals surface area contributed by atoms with Crippen LogP contribution in [0.3, 0.4) is 0 Å². The van der Waals surface area contributed by atoms with Crippen molar-refractivity contribution >= 4 is 29.1 Å². The van der Waals surface area contributed by atoms with E-state index in [1.165, 1.54) is 18.7 Å². The second kappa shape index (κ2) is 8.66. The number of ether oxygens (including phenoxy) is 1. The largest absolute Gasteiger partial charge is 0.494 e. The lowest BCUT2D eigenvalue weighted by molar-refractivity contribution is -0.113. The van der Waals surface area contributed by atoms with Crippen LogP contribution < -0.4 is 10.1 Å². The quantitative estimate of drug-likeness (QED) is 0.483. The molecule has 0 atom stereocenters. The third kappa shape index (κ3) is 4.55. The molecule has 0 unspecified atom stereocenters. The highest BCUT2D eigenvalue weighted by atomic mass is 32.2. The van der Waals surface area contributed by atoms with E-state index in [-0.39, 0.29) is 17.4 Å². The Labute approximate surface area is 166 Å². The van der Waals surface area contributed by atoms with Gasteiger partial charge in [-0.3, -0.25) is 9.59 Å². The van der Waals surface area contributed by atoms with Gasteiger partial charge in [0.05, 0.1) is 12.9 Å². The Hall–Kier alpha value is -3.20. The van der Waals surface area contributed by atoms with Crippen LogP contribution in [0.2, 0.25) is 0 Å². The van der Waals surface area contributed by atoms with E-state index in [2.05, 4.69) is 20.8 Å². The maximum Gasteiger partial charge on any atom is 0.234 e. The minimum Gasteiger partial charge on any atom is -0.494 e. The van der Waals surface area contributed by atoms with E-state index in [1.54, 1.807) is 36.1 Å². The van der Waals surface area contributed by atoms with Crippen LogP contribution in [0.15, 0.2) is 47.6 Å². The molecule has 1 heterocycles. The van der Waals surface area contributed by atoms with Gasteiger partial charge in [-0.1, -0.05) is 17.8 Å². The maximum absolute atomic E-state index is 12.3. The molecular formula is C19H19N5O3S. The minimum absolute atomic E-state index is 0.0214. The van der Waals surface area contributed by atoms with Crippen LogP contribution in [0.1, 0.15) is 22.8 Å². The van der Waals surface area contributed by atoms with E-state index in [0.717, 1.165) is 5.56 Å². The van der Waals surface area contributed by atoms with Gasteiger partial charge in [0.2, 0.25) is 11.1 Å². The molecule has 0 radical (unpaired) electrons. The number of ketones is 1. The average molecular weight is 397 g/mol. The Balaban J connectivity index is 1.67. The summed E-state index contributed by atoms with van der Waals surface area (Å²) in [6, 6.07) is 12.4. The van der Waals surface area contributed by atoms with Gasteiger partial charge in [0.15, 0.2) is 5.78 Å². The van der Waals surface area contributed by atoms with Crippen molar-refractivity contribution in [3.63, 3.8) is 0 Å². The predicted octanol–water partition coefficient (Wildman–Crippen LogP) is 2.91. The monoisotopic (exact) mass is 397 g/mol. The molecule has 9 heteroatoms. The number of anilines is 1. The first-order valence-corrected chi connectivity index (χ1v) is 9.43. The fourth-order valence-corrected chi connectivity index (χ4v) is 3.18. The van der Waals surface area contributed by atoms with E-state index in [4.69, 9.17) is 4.74 Å². The van der Waals surface area contributed by atoms with Gasteiger partial charge in [-0.2, -0.15) is 4.68 Å². The van der Waals surface area contributed by atoms with Gasteiger partial charge < -0.3 is 10.1 Å². The molecule has 1 amide bonds. The molecule has 0 spiro atoms. The zero-order valence-electron chi connectivity index (χ0n) is 15.7. The number of nitrogens with zero attached hydrogens (tertiary/aromatic N) is 4. The molecule has 28 heavy (non-hydrogen) atoms. The molecule has 3 rings (SSSR count). The molecule has 144 valence electrons. The van der Waals surface area contributed by atoms with Crippen LogP contribution in [0.25, 0.3) is 5.69 Å². The van der Waals surface area contributed by atoms with Crippen molar-refractivity contribution in [3.8, 4) is 11.4 Å². The summed E-state index contributed by atoms with van der Waals surface area (Å²) in [5, 5.41) is 15.0. The lowest BCUT2D eigenvalue weighted by Crippen LogP contribution is -2.14. The van der Waals surface area contributed by atoms with Gasteiger partial charge in [-0.25, -0.2) is 0 Å². The summed E-state index contributed by atoms with van der Waals surface area (Å²) in [7, 11) is 1.58. The van der Waals surface area contributed by atoms with Gasteiger partial charge in [0.1, 0.15) is 11.4 Å². The number of amides is 1. The number of tetrazole rings is 1. The number of methoxy groups -OCH3 is 1. The molecule has 0 saturated heterocycles. The second-order valence-corrected chi connectivity index (χ2v) is 6.96. The number of carbonyl (C=O) groups excluding carboxylic acids is 2. The highest BCUT2D eigenvalue weighted by Gasteiger charge is 2.15. The highest BCUT2D eigenvalue weighted by molar-refractivity contribution is 7.99. The molecule has 0 aliphatic carbocycles. The summed E-state index contributed by atoms with van der Waals surface area (Å²) in [6.07, 6.45) is 0. The van der Waals surface area contributed by atoms with Crippen molar-refractivity contribution in [3.05, 3.63) is 53.6 Å². The molecule has 1 aromatic heterocycles. The summed E-state index contributed by atoms with van der Waals surface area (Å²) in [5.41, 5.74) is 2.96. The molecule has 0 aliphatic heterocycles. The van der Waals surface area contributed by atoms with Crippen molar-refractivity contribution < 1.29 is 14.3 Å². The normalized spacial score (nSPS) is 10.5. The number of aromatic nitrogens is 4. The molecule has 0 fully saturated rings. The van der Waals surface area contributed by atoms with Gasteiger partial charge in [0, 0.05) is 11.3 Å². The number of hydrogen-bond acceptors (Lipinski definition) is 7. The van der Waals surface area contributed by atoms with Crippen molar-refractivity contribution in [1.29, 1.82) is 0 Å². The first kappa shape index (κ1) is 19.6. The smallest absolute Gasteiger partial charge is 0.234 e. The summed E-state index contributed by atoms with van der Waals surface area (Å²) >= 11 is 1.21. The number of thioether (sulfide) groups is 1. The summed E-state index contributed by atoms with van der Waals surface area (Å²) in [4.78, 5) is 23.6. The van der Waals surface area contributed by atoms with Crippen molar-refractivity contribution in [2.24, 2.45) is 0 Å². The number of nitrogens with one attached hydrogen (secondary N) is 1. The van der Waals surface area contributed by atoms with Crippen molar-refractivity contribution in [1.82, 2.24) is 20.2 Å².